The maximum Gasteiger partial charge on any atom is 0.226 e. The molecule has 1 amide bonds. The molecule has 4 nitrogen and oxygen atoms in total. The first-order valence-electron chi connectivity index (χ1n) is 5.74. The fourth-order valence-electron chi connectivity index (χ4n) is 1.90. The molecule has 1 aromatic rings. The number of rotatable bonds is 4. The second-order valence-electron chi connectivity index (χ2n) is 4.10. The molecule has 2 heterocycles. The van der Waals surface area contributed by atoms with Crippen LogP contribution in [0.2, 0.25) is 0 Å². The molecule has 0 bridgehead atoms. The minimum Gasteiger partial charge on any atom is -0.354 e. The highest BCUT2D eigenvalue weighted by atomic mass is 16.1. The summed E-state index contributed by atoms with van der Waals surface area (Å²) in [5.41, 5.74) is 0.819. The third-order valence-corrected chi connectivity index (χ3v) is 2.78. The number of nitrogens with one attached hydrogen (secondary N) is 2. The van der Waals surface area contributed by atoms with Crippen LogP contribution in [0.25, 0.3) is 0 Å². The highest BCUT2D eigenvalue weighted by Gasteiger charge is 2.14. The van der Waals surface area contributed by atoms with Crippen molar-refractivity contribution in [2.45, 2.75) is 25.3 Å². The number of carbonyl (C=O) groups excluding carboxylic acids is 1. The van der Waals surface area contributed by atoms with E-state index < -0.39 is 0 Å². The Morgan fingerprint density at radius 3 is 3.19 bits per heavy atom. The topological polar surface area (TPSA) is 54.0 Å². The van der Waals surface area contributed by atoms with Gasteiger partial charge in [0.25, 0.3) is 0 Å². The normalized spacial score (nSPS) is 19.6. The van der Waals surface area contributed by atoms with Gasteiger partial charge in [-0.2, -0.15) is 0 Å². The van der Waals surface area contributed by atoms with E-state index in [1.165, 1.54) is 6.42 Å². The molecule has 1 unspecified atom stereocenters. The smallest absolute Gasteiger partial charge is 0.226 e. The highest BCUT2D eigenvalue weighted by molar-refractivity contribution is 5.78. The van der Waals surface area contributed by atoms with Gasteiger partial charge in [-0.1, -0.05) is 6.07 Å². The predicted octanol–water partition coefficient (Wildman–Crippen LogP) is 0.492. The lowest BCUT2D eigenvalue weighted by molar-refractivity contribution is -0.120. The molecule has 1 aliphatic heterocycles. The van der Waals surface area contributed by atoms with E-state index in [1.54, 1.807) is 6.20 Å². The molecule has 1 aliphatic rings. The zero-order valence-corrected chi connectivity index (χ0v) is 9.28. The largest absolute Gasteiger partial charge is 0.354 e. The maximum absolute atomic E-state index is 11.6. The first kappa shape index (κ1) is 11.1. The van der Waals surface area contributed by atoms with Gasteiger partial charge in [0.1, 0.15) is 0 Å². The Bertz CT molecular complexity index is 333. The average molecular weight is 219 g/mol. The lowest BCUT2D eigenvalue weighted by Gasteiger charge is -2.11. The number of hydrogen-bond donors (Lipinski definition) is 2. The number of hydrogen-bond acceptors (Lipinski definition) is 3. The van der Waals surface area contributed by atoms with Crippen molar-refractivity contribution in [2.24, 2.45) is 0 Å². The van der Waals surface area contributed by atoms with Crippen molar-refractivity contribution in [2.75, 3.05) is 13.1 Å². The van der Waals surface area contributed by atoms with Gasteiger partial charge in [0.15, 0.2) is 0 Å². The summed E-state index contributed by atoms with van der Waals surface area (Å²) in [6.07, 6.45) is 4.44. The monoisotopic (exact) mass is 219 g/mol. The van der Waals surface area contributed by atoms with Crippen LogP contribution < -0.4 is 10.6 Å². The number of nitrogens with zero attached hydrogens (tertiary/aromatic N) is 1. The van der Waals surface area contributed by atoms with Gasteiger partial charge in [-0.25, -0.2) is 0 Å². The van der Waals surface area contributed by atoms with Gasteiger partial charge in [-0.3, -0.25) is 9.78 Å². The molecule has 86 valence electrons. The van der Waals surface area contributed by atoms with Gasteiger partial charge < -0.3 is 10.6 Å². The van der Waals surface area contributed by atoms with Crippen LogP contribution in [0.15, 0.2) is 24.4 Å². The molecule has 4 heteroatoms. The Balaban J connectivity index is 1.72. The van der Waals surface area contributed by atoms with Gasteiger partial charge >= 0.3 is 0 Å². The molecule has 1 saturated heterocycles. The summed E-state index contributed by atoms with van der Waals surface area (Å²) >= 11 is 0. The molecular formula is C12H17N3O. The Morgan fingerprint density at radius 1 is 1.56 bits per heavy atom. The van der Waals surface area contributed by atoms with E-state index in [0.717, 1.165) is 25.2 Å². The number of aromatic nitrogens is 1. The first-order chi connectivity index (χ1) is 7.84. The van der Waals surface area contributed by atoms with Crippen LogP contribution in [0.5, 0.6) is 0 Å². The predicted molar refractivity (Wildman–Crippen MR) is 62.0 cm³/mol. The SMILES string of the molecule is O=C(Cc1ccccn1)NCC1CCCN1. The van der Waals surface area contributed by atoms with E-state index in [2.05, 4.69) is 15.6 Å². The molecule has 0 radical (unpaired) electrons. The maximum atomic E-state index is 11.6. The zero-order chi connectivity index (χ0) is 11.2. The number of carbonyl (C=O) groups is 1. The summed E-state index contributed by atoms with van der Waals surface area (Å²) < 4.78 is 0. The summed E-state index contributed by atoms with van der Waals surface area (Å²) in [6.45, 7) is 1.80. The third-order valence-electron chi connectivity index (χ3n) is 2.78. The minimum atomic E-state index is 0.0485. The van der Waals surface area contributed by atoms with Crippen molar-refractivity contribution in [3.8, 4) is 0 Å². The molecule has 0 spiro atoms. The second kappa shape index (κ2) is 5.61. The van der Waals surface area contributed by atoms with Crippen molar-refractivity contribution in [3.63, 3.8) is 0 Å². The van der Waals surface area contributed by atoms with E-state index in [1.807, 2.05) is 18.2 Å². The van der Waals surface area contributed by atoms with Crippen molar-refractivity contribution in [1.29, 1.82) is 0 Å². The molecule has 0 aliphatic carbocycles. The van der Waals surface area contributed by atoms with Crippen LogP contribution in [0.1, 0.15) is 18.5 Å². The summed E-state index contributed by atoms with van der Waals surface area (Å²) in [7, 11) is 0. The Morgan fingerprint density at radius 2 is 2.50 bits per heavy atom. The quantitative estimate of drug-likeness (QED) is 0.775. The van der Waals surface area contributed by atoms with Crippen LogP contribution in [-0.2, 0) is 11.2 Å². The molecule has 0 saturated carbocycles. The van der Waals surface area contributed by atoms with Crippen molar-refractivity contribution < 1.29 is 4.79 Å². The van der Waals surface area contributed by atoms with Crippen LogP contribution >= 0.6 is 0 Å². The summed E-state index contributed by atoms with van der Waals surface area (Å²) in [6, 6.07) is 6.07. The van der Waals surface area contributed by atoms with E-state index in [9.17, 15) is 4.79 Å². The van der Waals surface area contributed by atoms with E-state index in [-0.39, 0.29) is 5.91 Å². The van der Waals surface area contributed by atoms with Crippen molar-refractivity contribution in [1.82, 2.24) is 15.6 Å². The molecule has 1 aromatic heterocycles. The summed E-state index contributed by atoms with van der Waals surface area (Å²) in [4.78, 5) is 15.7. The minimum absolute atomic E-state index is 0.0485. The molecule has 16 heavy (non-hydrogen) atoms. The van der Waals surface area contributed by atoms with Gasteiger partial charge in [0.2, 0.25) is 5.91 Å². The van der Waals surface area contributed by atoms with E-state index in [4.69, 9.17) is 0 Å². The average Bonchev–Trinajstić information content (AvgIpc) is 2.81. The van der Waals surface area contributed by atoms with Gasteiger partial charge in [0.05, 0.1) is 6.42 Å². The molecule has 0 aromatic carbocycles. The molecule has 2 N–H and O–H groups in total. The lowest BCUT2D eigenvalue weighted by Crippen LogP contribution is -2.37. The van der Waals surface area contributed by atoms with Crippen molar-refractivity contribution in [3.05, 3.63) is 30.1 Å². The van der Waals surface area contributed by atoms with Gasteiger partial charge in [0, 0.05) is 24.5 Å². The molecular weight excluding hydrogens is 202 g/mol. The number of amides is 1. The highest BCUT2D eigenvalue weighted by Crippen LogP contribution is 2.03. The van der Waals surface area contributed by atoms with E-state index in [0.29, 0.717) is 12.5 Å². The zero-order valence-electron chi connectivity index (χ0n) is 9.28. The molecule has 2 rings (SSSR count). The lowest BCUT2D eigenvalue weighted by atomic mass is 10.2. The van der Waals surface area contributed by atoms with Crippen LogP contribution in [-0.4, -0.2) is 30.0 Å². The van der Waals surface area contributed by atoms with E-state index >= 15 is 0 Å². The van der Waals surface area contributed by atoms with Crippen LogP contribution in [0.4, 0.5) is 0 Å². The second-order valence-corrected chi connectivity index (χ2v) is 4.10. The number of pyridine rings is 1. The van der Waals surface area contributed by atoms with Gasteiger partial charge in [-0.15, -0.1) is 0 Å². The Kier molecular flexibility index (Phi) is 3.88. The van der Waals surface area contributed by atoms with Crippen molar-refractivity contribution >= 4 is 5.91 Å². The van der Waals surface area contributed by atoms with Gasteiger partial charge in [-0.05, 0) is 31.5 Å². The standard InChI is InChI=1S/C12H17N3O/c16-12(8-10-4-1-2-6-13-10)15-9-11-5-3-7-14-11/h1-2,4,6,11,14H,3,5,7-9H2,(H,15,16). The fraction of sp³-hybridized carbons (Fsp3) is 0.500. The Labute approximate surface area is 95.5 Å². The first-order valence-corrected chi connectivity index (χ1v) is 5.74. The summed E-state index contributed by atoms with van der Waals surface area (Å²) in [5, 5.41) is 6.28. The van der Waals surface area contributed by atoms with Crippen LogP contribution in [0.3, 0.4) is 0 Å². The third kappa shape index (κ3) is 3.31. The summed E-state index contributed by atoms with van der Waals surface area (Å²) in [5.74, 6) is 0.0485. The Hall–Kier alpha value is -1.42. The molecule has 1 fully saturated rings. The van der Waals surface area contributed by atoms with Crippen LogP contribution in [0, 0.1) is 0 Å². The molecule has 1 atom stereocenters. The fourth-order valence-corrected chi connectivity index (χ4v) is 1.90.